The quantitative estimate of drug-likeness (QED) is 0.536. The number of phenols is 1. The molecule has 70 valence electrons. The van der Waals surface area contributed by atoms with E-state index in [-0.39, 0.29) is 12.3 Å². The summed E-state index contributed by atoms with van der Waals surface area (Å²) >= 11 is 0. The van der Waals surface area contributed by atoms with E-state index in [1.165, 1.54) is 18.2 Å². The lowest BCUT2D eigenvalue weighted by Gasteiger charge is -2.01. The lowest BCUT2D eigenvalue weighted by atomic mass is 10.2. The van der Waals surface area contributed by atoms with Crippen molar-refractivity contribution in [1.29, 1.82) is 0 Å². The number of hydrogen-bond acceptors (Lipinski definition) is 2. The monoisotopic (exact) mass is 182 g/mol. The number of nitrogens with zero attached hydrogens (tertiary/aromatic N) is 1. The zero-order valence-corrected chi connectivity index (χ0v) is 7.29. The number of rotatable bonds is 2. The number of halogens is 1. The smallest absolute Gasteiger partial charge is 0.123 e. The van der Waals surface area contributed by atoms with Crippen LogP contribution in [-0.2, 0) is 6.54 Å². The molecule has 3 nitrogen and oxygen atoms in total. The predicted octanol–water partition coefficient (Wildman–Crippen LogP) is 1.41. The molecule has 0 aromatic heterocycles. The van der Waals surface area contributed by atoms with Crippen molar-refractivity contribution in [3.05, 3.63) is 29.6 Å². The fraction of sp³-hybridized carbons (Fsp3) is 0.222. The number of hydrogen-bond donors (Lipinski definition) is 2. The van der Waals surface area contributed by atoms with Crippen LogP contribution in [0.1, 0.15) is 12.5 Å². The Morgan fingerprint density at radius 2 is 2.31 bits per heavy atom. The second-order valence-corrected chi connectivity index (χ2v) is 2.73. The summed E-state index contributed by atoms with van der Waals surface area (Å²) in [6.45, 7) is 1.84. The van der Waals surface area contributed by atoms with Crippen molar-refractivity contribution < 1.29 is 9.50 Å². The van der Waals surface area contributed by atoms with E-state index < -0.39 is 5.82 Å². The van der Waals surface area contributed by atoms with Crippen molar-refractivity contribution in [3.8, 4) is 5.75 Å². The third-order valence-electron chi connectivity index (χ3n) is 1.54. The first-order chi connectivity index (χ1) is 6.09. The van der Waals surface area contributed by atoms with Gasteiger partial charge in [-0.3, -0.25) is 4.99 Å². The van der Waals surface area contributed by atoms with Crippen LogP contribution in [0.25, 0.3) is 0 Å². The summed E-state index contributed by atoms with van der Waals surface area (Å²) in [4.78, 5) is 3.86. The third-order valence-corrected chi connectivity index (χ3v) is 1.54. The average Bonchev–Trinajstić information content (AvgIpc) is 2.06. The van der Waals surface area contributed by atoms with Crippen LogP contribution >= 0.6 is 0 Å². The number of nitrogens with two attached hydrogens (primary N) is 1. The van der Waals surface area contributed by atoms with Gasteiger partial charge < -0.3 is 10.8 Å². The second kappa shape index (κ2) is 3.89. The van der Waals surface area contributed by atoms with E-state index in [1.807, 2.05) is 0 Å². The molecule has 0 amide bonds. The largest absolute Gasteiger partial charge is 0.508 e. The van der Waals surface area contributed by atoms with Crippen LogP contribution in [0.2, 0.25) is 0 Å². The lowest BCUT2D eigenvalue weighted by molar-refractivity contribution is 0.466. The molecule has 0 aliphatic rings. The van der Waals surface area contributed by atoms with E-state index in [2.05, 4.69) is 4.99 Å². The Morgan fingerprint density at radius 1 is 1.62 bits per heavy atom. The summed E-state index contributed by atoms with van der Waals surface area (Å²) in [7, 11) is 0. The van der Waals surface area contributed by atoms with E-state index in [9.17, 15) is 9.50 Å². The molecule has 0 saturated carbocycles. The number of aromatic hydroxyl groups is 1. The normalized spacial score (nSPS) is 11.7. The minimum absolute atomic E-state index is 0.0337. The summed E-state index contributed by atoms with van der Waals surface area (Å²) < 4.78 is 12.7. The van der Waals surface area contributed by atoms with Gasteiger partial charge in [-0.1, -0.05) is 0 Å². The van der Waals surface area contributed by atoms with Gasteiger partial charge in [-0.25, -0.2) is 4.39 Å². The van der Waals surface area contributed by atoms with Gasteiger partial charge in [0.15, 0.2) is 0 Å². The van der Waals surface area contributed by atoms with Gasteiger partial charge >= 0.3 is 0 Å². The number of phenolic OH excluding ortho intramolecular Hbond substituents is 1. The van der Waals surface area contributed by atoms with Gasteiger partial charge in [0.25, 0.3) is 0 Å². The first-order valence-electron chi connectivity index (χ1n) is 3.83. The molecule has 0 saturated heterocycles. The van der Waals surface area contributed by atoms with Gasteiger partial charge in [0.1, 0.15) is 11.6 Å². The van der Waals surface area contributed by atoms with Crippen LogP contribution in [0.3, 0.4) is 0 Å². The predicted molar refractivity (Wildman–Crippen MR) is 49.1 cm³/mol. The van der Waals surface area contributed by atoms with Gasteiger partial charge in [0.2, 0.25) is 0 Å². The van der Waals surface area contributed by atoms with Crippen LogP contribution in [0.5, 0.6) is 5.75 Å². The molecule has 0 atom stereocenters. The first kappa shape index (κ1) is 9.51. The summed E-state index contributed by atoms with van der Waals surface area (Å²) in [5.74, 6) is 0.0488. The van der Waals surface area contributed by atoms with Crippen molar-refractivity contribution in [3.63, 3.8) is 0 Å². The van der Waals surface area contributed by atoms with Crippen LogP contribution < -0.4 is 5.73 Å². The van der Waals surface area contributed by atoms with Crippen molar-refractivity contribution in [2.45, 2.75) is 13.5 Å². The van der Waals surface area contributed by atoms with Crippen LogP contribution in [-0.4, -0.2) is 10.9 Å². The molecule has 0 unspecified atom stereocenters. The summed E-state index contributed by atoms with van der Waals surface area (Å²) in [6.07, 6.45) is 0. The molecule has 0 heterocycles. The minimum Gasteiger partial charge on any atom is -0.508 e. The zero-order valence-electron chi connectivity index (χ0n) is 7.29. The Labute approximate surface area is 75.7 Å². The topological polar surface area (TPSA) is 58.6 Å². The van der Waals surface area contributed by atoms with Crippen LogP contribution in [0, 0.1) is 5.82 Å². The molecule has 1 aromatic rings. The molecule has 0 aliphatic heterocycles. The van der Waals surface area contributed by atoms with E-state index >= 15 is 0 Å². The molecule has 1 rings (SSSR count). The lowest BCUT2D eigenvalue weighted by Crippen LogP contribution is -2.05. The molecule has 13 heavy (non-hydrogen) atoms. The average molecular weight is 182 g/mol. The Hall–Kier alpha value is -1.58. The molecule has 4 heteroatoms. The fourth-order valence-corrected chi connectivity index (χ4v) is 0.891. The van der Waals surface area contributed by atoms with E-state index in [0.29, 0.717) is 11.4 Å². The highest BCUT2D eigenvalue weighted by Gasteiger charge is 2.01. The van der Waals surface area contributed by atoms with Crippen molar-refractivity contribution in [2.75, 3.05) is 0 Å². The number of benzene rings is 1. The third kappa shape index (κ3) is 2.74. The van der Waals surface area contributed by atoms with Crippen molar-refractivity contribution in [1.82, 2.24) is 0 Å². The van der Waals surface area contributed by atoms with Gasteiger partial charge in [-0.15, -0.1) is 0 Å². The summed E-state index contributed by atoms with van der Waals surface area (Å²) in [6, 6.07) is 3.73. The molecular formula is C9H11FN2O. The molecule has 1 aromatic carbocycles. The van der Waals surface area contributed by atoms with Crippen molar-refractivity contribution >= 4 is 5.84 Å². The maximum Gasteiger partial charge on any atom is 0.123 e. The Morgan fingerprint density at radius 3 is 2.92 bits per heavy atom. The Kier molecular flexibility index (Phi) is 2.84. The number of aliphatic imine (C=N–C) groups is 1. The molecule has 0 radical (unpaired) electrons. The SMILES string of the molecule is CC(N)=NCc1cc(F)ccc1O. The first-order valence-corrected chi connectivity index (χ1v) is 3.83. The van der Waals surface area contributed by atoms with Gasteiger partial charge in [-0.05, 0) is 25.1 Å². The molecule has 0 aliphatic carbocycles. The highest BCUT2D eigenvalue weighted by molar-refractivity contribution is 5.77. The standard InChI is InChI=1S/C9H11FN2O/c1-6(11)12-5-7-4-8(10)2-3-9(7)13/h2-4,13H,5H2,1H3,(H2,11,12). The van der Waals surface area contributed by atoms with Gasteiger partial charge in [0.05, 0.1) is 12.4 Å². The Balaban J connectivity index is 2.87. The Bertz CT molecular complexity index is 332. The van der Waals surface area contributed by atoms with E-state index in [0.717, 1.165) is 0 Å². The van der Waals surface area contributed by atoms with E-state index in [4.69, 9.17) is 5.73 Å². The molecule has 0 spiro atoms. The summed E-state index contributed by atoms with van der Waals surface area (Å²) in [5, 5.41) is 9.27. The highest BCUT2D eigenvalue weighted by Crippen LogP contribution is 2.18. The van der Waals surface area contributed by atoms with Gasteiger partial charge in [-0.2, -0.15) is 0 Å². The van der Waals surface area contributed by atoms with Gasteiger partial charge in [0, 0.05) is 5.56 Å². The maximum atomic E-state index is 12.7. The van der Waals surface area contributed by atoms with Crippen LogP contribution in [0.15, 0.2) is 23.2 Å². The molecule has 0 fully saturated rings. The highest BCUT2D eigenvalue weighted by atomic mass is 19.1. The molecule has 0 bridgehead atoms. The minimum atomic E-state index is -0.391. The van der Waals surface area contributed by atoms with Crippen molar-refractivity contribution in [2.24, 2.45) is 10.7 Å². The summed E-state index contributed by atoms with van der Waals surface area (Å²) in [5.41, 5.74) is 5.74. The second-order valence-electron chi connectivity index (χ2n) is 2.73. The molecular weight excluding hydrogens is 171 g/mol. The molecule has 3 N–H and O–H groups in total. The zero-order chi connectivity index (χ0) is 9.84. The van der Waals surface area contributed by atoms with Crippen LogP contribution in [0.4, 0.5) is 4.39 Å². The number of amidine groups is 1. The van der Waals surface area contributed by atoms with E-state index in [1.54, 1.807) is 6.92 Å². The maximum absolute atomic E-state index is 12.7. The fourth-order valence-electron chi connectivity index (χ4n) is 0.891.